The van der Waals surface area contributed by atoms with E-state index in [9.17, 15) is 0 Å². The molecule has 4 rings (SSSR count). The van der Waals surface area contributed by atoms with Crippen molar-refractivity contribution in [3.8, 4) is 5.75 Å². The van der Waals surface area contributed by atoms with Gasteiger partial charge in [-0.3, -0.25) is 4.99 Å². The van der Waals surface area contributed by atoms with Gasteiger partial charge in [-0.05, 0) is 59.5 Å². The quantitative estimate of drug-likeness (QED) is 0.163. The zero-order chi connectivity index (χ0) is 25.4. The number of ether oxygens (including phenoxy) is 1. The van der Waals surface area contributed by atoms with E-state index in [0.29, 0.717) is 15.2 Å². The molecule has 36 heavy (non-hydrogen) atoms. The van der Waals surface area contributed by atoms with Gasteiger partial charge in [-0.2, -0.15) is 0 Å². The summed E-state index contributed by atoms with van der Waals surface area (Å²) >= 11 is 0. The molecule has 0 amide bonds. The van der Waals surface area contributed by atoms with E-state index in [2.05, 4.69) is 117 Å². The van der Waals surface area contributed by atoms with Crippen LogP contribution in [-0.4, -0.2) is 13.3 Å². The molecule has 2 unspecified atom stereocenters. The Bertz CT molecular complexity index is 1300. The fourth-order valence-corrected chi connectivity index (χ4v) is 6.05. The van der Waals surface area contributed by atoms with Gasteiger partial charge in [0.15, 0.2) is 0 Å². The average molecular weight is 494 g/mol. The maximum absolute atomic E-state index is 6.49. The molecule has 184 valence electrons. The van der Waals surface area contributed by atoms with Crippen LogP contribution in [0.15, 0.2) is 102 Å². The van der Waals surface area contributed by atoms with E-state index in [4.69, 9.17) is 4.74 Å². The van der Waals surface area contributed by atoms with Gasteiger partial charge < -0.3 is 4.74 Å². The topological polar surface area (TPSA) is 21.6 Å². The van der Waals surface area contributed by atoms with Crippen LogP contribution < -0.4 is 10.0 Å². The molecular weight excluding hydrogens is 457 g/mol. The molecule has 2 atom stereocenters. The van der Waals surface area contributed by atoms with E-state index in [1.54, 1.807) is 0 Å². The summed E-state index contributed by atoms with van der Waals surface area (Å²) in [6.07, 6.45) is 3.91. The number of rotatable bonds is 10. The molecule has 4 aromatic carbocycles. The molecule has 0 radical (unpaired) electrons. The average Bonchev–Trinajstić information content (AvgIpc) is 2.91. The second-order valence-electron chi connectivity index (χ2n) is 9.56. The number of aliphatic imine (C=N–C) groups is 1. The van der Waals surface area contributed by atoms with Crippen molar-refractivity contribution in [2.45, 2.75) is 45.4 Å². The van der Waals surface area contributed by atoms with Crippen LogP contribution in [0.3, 0.4) is 0 Å². The monoisotopic (exact) mass is 493 g/mol. The van der Waals surface area contributed by atoms with Crippen molar-refractivity contribution in [3.05, 3.63) is 130 Å². The van der Waals surface area contributed by atoms with Crippen molar-refractivity contribution in [1.82, 2.24) is 0 Å². The maximum atomic E-state index is 6.49. The molecule has 0 saturated heterocycles. The molecule has 0 fully saturated rings. The molecule has 0 aliphatic rings. The summed E-state index contributed by atoms with van der Waals surface area (Å²) in [5.41, 5.74) is 7.57. The molecule has 2 nitrogen and oxygen atoms in total. The molecule has 0 N–H and O–H groups in total. The van der Waals surface area contributed by atoms with E-state index < -0.39 is 0 Å². The molecular formula is C33H36NOP. The standard InChI is InChI=1S/C33H36NOP/c1-5-33(3,36-32-19-16-25(2)20-29(32)23-34-4)30-22-28(21-26-12-8-6-9-13-26)17-18-31(30)35-24-27-14-10-7-11-15-27/h6-20,22-23,36H,5,21,24H2,1-4H3. The van der Waals surface area contributed by atoms with Gasteiger partial charge in [0.1, 0.15) is 12.4 Å². The molecule has 0 spiro atoms. The Morgan fingerprint density at radius 3 is 2.19 bits per heavy atom. The first-order valence-corrected chi connectivity index (χ1v) is 13.7. The van der Waals surface area contributed by atoms with Gasteiger partial charge in [0.05, 0.1) is 0 Å². The number of hydrogen-bond acceptors (Lipinski definition) is 2. The normalized spacial score (nSPS) is 13.3. The van der Waals surface area contributed by atoms with Crippen molar-refractivity contribution in [1.29, 1.82) is 0 Å². The van der Waals surface area contributed by atoms with Crippen LogP contribution in [0.25, 0.3) is 0 Å². The van der Waals surface area contributed by atoms with Crippen LogP contribution in [-0.2, 0) is 18.2 Å². The summed E-state index contributed by atoms with van der Waals surface area (Å²) in [5, 5.41) is 1.28. The Balaban J connectivity index is 1.73. The second kappa shape index (κ2) is 12.2. The minimum absolute atomic E-state index is 0.0652. The van der Waals surface area contributed by atoms with Gasteiger partial charge >= 0.3 is 0 Å². The van der Waals surface area contributed by atoms with Gasteiger partial charge in [-0.1, -0.05) is 113 Å². The molecule has 3 heteroatoms. The fourth-order valence-electron chi connectivity index (χ4n) is 4.50. The molecule has 4 aromatic rings. The minimum atomic E-state index is -0.0652. The highest BCUT2D eigenvalue weighted by Gasteiger charge is 2.30. The predicted molar refractivity (Wildman–Crippen MR) is 157 cm³/mol. The van der Waals surface area contributed by atoms with Crippen LogP contribution >= 0.6 is 8.58 Å². The lowest BCUT2D eigenvalue weighted by atomic mass is 9.93. The second-order valence-corrected chi connectivity index (χ2v) is 11.4. The first kappa shape index (κ1) is 25.9. The Morgan fingerprint density at radius 1 is 0.833 bits per heavy atom. The summed E-state index contributed by atoms with van der Waals surface area (Å²) in [5.74, 6) is 0.977. The first-order valence-electron chi connectivity index (χ1n) is 12.7. The van der Waals surface area contributed by atoms with E-state index in [1.165, 1.54) is 38.7 Å². The summed E-state index contributed by atoms with van der Waals surface area (Å²) < 4.78 is 6.49. The van der Waals surface area contributed by atoms with Crippen molar-refractivity contribution in [2.75, 3.05) is 7.05 Å². The van der Waals surface area contributed by atoms with E-state index in [0.717, 1.165) is 18.6 Å². The zero-order valence-electron chi connectivity index (χ0n) is 21.8. The lowest BCUT2D eigenvalue weighted by molar-refractivity contribution is 0.299. The third-order valence-corrected chi connectivity index (χ3v) is 8.62. The van der Waals surface area contributed by atoms with Crippen LogP contribution in [0.5, 0.6) is 5.75 Å². The number of hydrogen-bond donors (Lipinski definition) is 0. The van der Waals surface area contributed by atoms with E-state index >= 15 is 0 Å². The lowest BCUT2D eigenvalue weighted by Crippen LogP contribution is -2.21. The summed E-state index contributed by atoms with van der Waals surface area (Å²) in [6.45, 7) is 7.38. The number of aryl methyl sites for hydroxylation is 1. The SMILES string of the molecule is CCC(C)(Pc1ccc(C)cc1C=NC)c1cc(Cc2ccccc2)ccc1OCc1ccccc1. The molecule has 0 aliphatic carbocycles. The molecule has 0 saturated carbocycles. The van der Waals surface area contributed by atoms with E-state index in [-0.39, 0.29) is 5.16 Å². The third kappa shape index (κ3) is 6.50. The molecule has 0 bridgehead atoms. The van der Waals surface area contributed by atoms with Crippen molar-refractivity contribution < 1.29 is 4.74 Å². The van der Waals surface area contributed by atoms with Gasteiger partial charge in [-0.15, -0.1) is 0 Å². The smallest absolute Gasteiger partial charge is 0.123 e. The van der Waals surface area contributed by atoms with Crippen molar-refractivity contribution in [2.24, 2.45) is 4.99 Å². The van der Waals surface area contributed by atoms with Crippen LogP contribution in [0, 0.1) is 6.92 Å². The van der Waals surface area contributed by atoms with Crippen LogP contribution in [0.1, 0.15) is 53.6 Å². The summed E-state index contributed by atoms with van der Waals surface area (Å²) in [4.78, 5) is 4.33. The van der Waals surface area contributed by atoms with Gasteiger partial charge in [-0.25, -0.2) is 0 Å². The minimum Gasteiger partial charge on any atom is -0.489 e. The predicted octanol–water partition coefficient (Wildman–Crippen LogP) is 7.84. The van der Waals surface area contributed by atoms with Crippen molar-refractivity contribution in [3.63, 3.8) is 0 Å². The number of benzene rings is 4. The zero-order valence-corrected chi connectivity index (χ0v) is 22.8. The number of nitrogens with zero attached hydrogens (tertiary/aromatic N) is 1. The molecule has 0 heterocycles. The summed E-state index contributed by atoms with van der Waals surface area (Å²) in [7, 11) is 2.44. The first-order chi connectivity index (χ1) is 17.5. The van der Waals surface area contributed by atoms with E-state index in [1.807, 2.05) is 19.3 Å². The highest BCUT2D eigenvalue weighted by atomic mass is 31.1. The molecule has 0 aromatic heterocycles. The maximum Gasteiger partial charge on any atom is 0.123 e. The largest absolute Gasteiger partial charge is 0.489 e. The highest BCUT2D eigenvalue weighted by Crippen LogP contribution is 2.48. The molecule has 0 aliphatic heterocycles. The summed E-state index contributed by atoms with van der Waals surface area (Å²) in [6, 6.07) is 34.6. The Kier molecular flexibility index (Phi) is 8.73. The third-order valence-electron chi connectivity index (χ3n) is 6.72. The Hall–Kier alpha value is -3.22. The van der Waals surface area contributed by atoms with Crippen molar-refractivity contribution >= 4 is 20.1 Å². The van der Waals surface area contributed by atoms with Gasteiger partial charge in [0, 0.05) is 24.0 Å². The van der Waals surface area contributed by atoms with Crippen LogP contribution in [0.2, 0.25) is 0 Å². The lowest BCUT2D eigenvalue weighted by Gasteiger charge is -2.32. The fraction of sp³-hybridized carbons (Fsp3) is 0.242. The van der Waals surface area contributed by atoms with Crippen LogP contribution in [0.4, 0.5) is 0 Å². The highest BCUT2D eigenvalue weighted by molar-refractivity contribution is 7.48. The Labute approximate surface area is 218 Å². The Morgan fingerprint density at radius 2 is 1.53 bits per heavy atom. The van der Waals surface area contributed by atoms with Gasteiger partial charge in [0.2, 0.25) is 0 Å². The van der Waals surface area contributed by atoms with Gasteiger partial charge in [0.25, 0.3) is 0 Å².